The minimum absolute atomic E-state index is 0.0614. The fourth-order valence-electron chi connectivity index (χ4n) is 3.64. The van der Waals surface area contributed by atoms with Gasteiger partial charge >= 0.3 is 0 Å². The van der Waals surface area contributed by atoms with Gasteiger partial charge in [-0.1, -0.05) is 55.7 Å². The lowest BCUT2D eigenvalue weighted by Crippen LogP contribution is -2.35. The molecule has 1 amide bonds. The molecule has 156 valence electrons. The Labute approximate surface area is 177 Å². The fraction of sp³-hybridized carbons (Fsp3) is 0.500. The molecule has 1 aliphatic rings. The fourth-order valence-corrected chi connectivity index (χ4v) is 4.40. The zero-order valence-corrected chi connectivity index (χ0v) is 17.9. The first kappa shape index (κ1) is 21.4. The third-order valence-corrected chi connectivity index (χ3v) is 5.98. The number of nitrogens with one attached hydrogen (secondary N) is 1. The van der Waals surface area contributed by atoms with Gasteiger partial charge in [-0.2, -0.15) is 0 Å². The van der Waals surface area contributed by atoms with Crippen LogP contribution in [0.2, 0.25) is 0 Å². The predicted octanol–water partition coefficient (Wildman–Crippen LogP) is 4.46. The predicted molar refractivity (Wildman–Crippen MR) is 117 cm³/mol. The molecule has 0 bridgehead atoms. The molecule has 0 unspecified atom stereocenters. The molecule has 29 heavy (non-hydrogen) atoms. The van der Waals surface area contributed by atoms with E-state index in [-0.39, 0.29) is 5.91 Å². The summed E-state index contributed by atoms with van der Waals surface area (Å²) in [5.41, 5.74) is 0.887. The number of thioether (sulfide) groups is 1. The maximum atomic E-state index is 12.5. The number of ether oxygens (including phenoxy) is 1. The van der Waals surface area contributed by atoms with E-state index in [4.69, 9.17) is 4.74 Å². The number of carbonyl (C=O) groups is 1. The first-order valence-corrected chi connectivity index (χ1v) is 11.4. The van der Waals surface area contributed by atoms with Crippen molar-refractivity contribution in [2.75, 3.05) is 12.4 Å². The number of nitrogens with zero attached hydrogens (tertiary/aromatic N) is 3. The molecule has 7 heteroatoms. The van der Waals surface area contributed by atoms with Crippen LogP contribution in [-0.4, -0.2) is 39.1 Å². The number of allylic oxidation sites excluding steroid dienone is 1. The monoisotopic (exact) mass is 414 g/mol. The van der Waals surface area contributed by atoms with Crippen molar-refractivity contribution in [3.63, 3.8) is 0 Å². The van der Waals surface area contributed by atoms with Gasteiger partial charge in [-0.15, -0.1) is 16.8 Å². The molecule has 1 saturated carbocycles. The van der Waals surface area contributed by atoms with E-state index in [2.05, 4.69) is 22.1 Å². The normalized spacial score (nSPS) is 14.9. The van der Waals surface area contributed by atoms with Crippen LogP contribution in [0.4, 0.5) is 0 Å². The third-order valence-electron chi connectivity index (χ3n) is 5.01. The Morgan fingerprint density at radius 1 is 1.28 bits per heavy atom. The summed E-state index contributed by atoms with van der Waals surface area (Å²) >= 11 is 1.41. The molecule has 2 aromatic rings. The van der Waals surface area contributed by atoms with E-state index in [1.54, 1.807) is 0 Å². The highest BCUT2D eigenvalue weighted by Gasteiger charge is 2.19. The highest BCUT2D eigenvalue weighted by atomic mass is 32.2. The van der Waals surface area contributed by atoms with Crippen molar-refractivity contribution in [3.8, 4) is 17.1 Å². The summed E-state index contributed by atoms with van der Waals surface area (Å²) in [5, 5.41) is 12.6. The zero-order chi connectivity index (χ0) is 20.5. The molecule has 0 radical (unpaired) electrons. The number of para-hydroxylation sites is 1. The van der Waals surface area contributed by atoms with Crippen molar-refractivity contribution in [1.29, 1.82) is 0 Å². The average Bonchev–Trinajstić information content (AvgIpc) is 2.93. The molecule has 1 fully saturated rings. The van der Waals surface area contributed by atoms with Gasteiger partial charge in [0.25, 0.3) is 0 Å². The van der Waals surface area contributed by atoms with Crippen molar-refractivity contribution in [2.45, 2.75) is 63.2 Å². The quantitative estimate of drug-likeness (QED) is 0.373. The van der Waals surface area contributed by atoms with Gasteiger partial charge in [0, 0.05) is 12.6 Å². The number of aromatic nitrogens is 3. The minimum atomic E-state index is 0.0614. The van der Waals surface area contributed by atoms with E-state index in [0.29, 0.717) is 30.1 Å². The van der Waals surface area contributed by atoms with Gasteiger partial charge in [0.15, 0.2) is 11.0 Å². The lowest BCUT2D eigenvalue weighted by molar-refractivity contribution is -0.119. The Balaban J connectivity index is 1.70. The first-order valence-electron chi connectivity index (χ1n) is 10.4. The number of carbonyl (C=O) groups excluding carboxylic acids is 1. The van der Waals surface area contributed by atoms with Gasteiger partial charge in [0.1, 0.15) is 5.75 Å². The number of hydrogen-bond donors (Lipinski definition) is 1. The summed E-state index contributed by atoms with van der Waals surface area (Å²) < 4.78 is 7.73. The first-order chi connectivity index (χ1) is 14.2. The number of rotatable bonds is 9. The van der Waals surface area contributed by atoms with E-state index in [9.17, 15) is 4.79 Å². The SMILES string of the molecule is C=CCn1c(SCC(=O)NC2CCCCCC2)nnc1-c1ccccc1OCC. The van der Waals surface area contributed by atoms with Crippen LogP contribution >= 0.6 is 11.8 Å². The van der Waals surface area contributed by atoms with Gasteiger partial charge in [-0.05, 0) is 31.9 Å². The van der Waals surface area contributed by atoms with Gasteiger partial charge < -0.3 is 10.1 Å². The zero-order valence-electron chi connectivity index (χ0n) is 17.1. The maximum absolute atomic E-state index is 12.5. The van der Waals surface area contributed by atoms with Gasteiger partial charge in [0.05, 0.1) is 17.9 Å². The molecule has 3 rings (SSSR count). The van der Waals surface area contributed by atoms with Crippen LogP contribution in [-0.2, 0) is 11.3 Å². The van der Waals surface area contributed by atoms with Crippen LogP contribution in [0.5, 0.6) is 5.75 Å². The highest BCUT2D eigenvalue weighted by Crippen LogP contribution is 2.31. The number of hydrogen-bond acceptors (Lipinski definition) is 5. The topological polar surface area (TPSA) is 69.0 Å². The Morgan fingerprint density at radius 2 is 2.03 bits per heavy atom. The molecule has 1 aromatic carbocycles. The van der Waals surface area contributed by atoms with Crippen LogP contribution in [0.25, 0.3) is 11.4 Å². The van der Waals surface area contributed by atoms with E-state index in [0.717, 1.165) is 30.0 Å². The average molecular weight is 415 g/mol. The second-order valence-corrected chi connectivity index (χ2v) is 8.12. The summed E-state index contributed by atoms with van der Waals surface area (Å²) in [5.74, 6) is 1.89. The Hall–Kier alpha value is -2.28. The number of amides is 1. The molecule has 1 N–H and O–H groups in total. The van der Waals surface area contributed by atoms with Crippen LogP contribution < -0.4 is 10.1 Å². The summed E-state index contributed by atoms with van der Waals surface area (Å²) in [6, 6.07) is 8.11. The van der Waals surface area contributed by atoms with Crippen LogP contribution in [0.1, 0.15) is 45.4 Å². The molecule has 1 aliphatic carbocycles. The second-order valence-electron chi connectivity index (χ2n) is 7.18. The lowest BCUT2D eigenvalue weighted by atomic mass is 10.1. The summed E-state index contributed by atoms with van der Waals surface area (Å²) in [4.78, 5) is 12.5. The summed E-state index contributed by atoms with van der Waals surface area (Å²) in [6.45, 7) is 6.96. The Bertz CT molecular complexity index is 813. The van der Waals surface area contributed by atoms with E-state index in [1.165, 1.54) is 37.4 Å². The molecule has 1 aromatic heterocycles. The Kier molecular flexibility index (Phi) is 8.16. The van der Waals surface area contributed by atoms with Crippen molar-refractivity contribution in [3.05, 3.63) is 36.9 Å². The summed E-state index contributed by atoms with van der Waals surface area (Å²) in [7, 11) is 0. The second kappa shape index (κ2) is 11.0. The molecular weight excluding hydrogens is 384 g/mol. The minimum Gasteiger partial charge on any atom is -0.493 e. The van der Waals surface area contributed by atoms with Gasteiger partial charge in [-0.25, -0.2) is 0 Å². The van der Waals surface area contributed by atoms with Gasteiger partial charge in [0.2, 0.25) is 5.91 Å². The van der Waals surface area contributed by atoms with Crippen LogP contribution in [0.3, 0.4) is 0 Å². The standard InChI is InChI=1S/C22H30N4O2S/c1-3-15-26-21(18-13-9-10-14-19(18)28-4-2)24-25-22(26)29-16-20(27)23-17-11-7-5-6-8-12-17/h3,9-10,13-14,17H,1,4-8,11-12,15-16H2,2H3,(H,23,27). The molecule has 0 atom stereocenters. The van der Waals surface area contributed by atoms with Crippen molar-refractivity contribution in [1.82, 2.24) is 20.1 Å². The largest absolute Gasteiger partial charge is 0.493 e. The molecule has 6 nitrogen and oxygen atoms in total. The van der Waals surface area contributed by atoms with Crippen molar-refractivity contribution in [2.24, 2.45) is 0 Å². The third kappa shape index (κ3) is 5.85. The van der Waals surface area contributed by atoms with Crippen molar-refractivity contribution < 1.29 is 9.53 Å². The number of benzene rings is 1. The molecule has 0 aliphatic heterocycles. The lowest BCUT2D eigenvalue weighted by Gasteiger charge is -2.16. The maximum Gasteiger partial charge on any atom is 0.230 e. The van der Waals surface area contributed by atoms with E-state index in [1.807, 2.05) is 41.8 Å². The van der Waals surface area contributed by atoms with E-state index >= 15 is 0 Å². The van der Waals surface area contributed by atoms with E-state index < -0.39 is 0 Å². The van der Waals surface area contributed by atoms with Crippen LogP contribution in [0.15, 0.2) is 42.1 Å². The summed E-state index contributed by atoms with van der Waals surface area (Å²) in [6.07, 6.45) is 8.94. The molecule has 0 spiro atoms. The molecule has 1 heterocycles. The highest BCUT2D eigenvalue weighted by molar-refractivity contribution is 7.99. The molecule has 0 saturated heterocycles. The van der Waals surface area contributed by atoms with Gasteiger partial charge in [-0.3, -0.25) is 9.36 Å². The van der Waals surface area contributed by atoms with Crippen molar-refractivity contribution >= 4 is 17.7 Å². The smallest absolute Gasteiger partial charge is 0.230 e. The Morgan fingerprint density at radius 3 is 2.76 bits per heavy atom. The van der Waals surface area contributed by atoms with Crippen LogP contribution in [0, 0.1) is 0 Å². The molecular formula is C22H30N4O2S.